The van der Waals surface area contributed by atoms with Gasteiger partial charge in [-0.1, -0.05) is 52.0 Å². The molecule has 1 N–H and O–H groups in total. The molecule has 0 bridgehead atoms. The Morgan fingerprint density at radius 3 is 2.48 bits per heavy atom. The monoisotopic (exact) mass is 289 g/mol. The number of hydrogen-bond donors (Lipinski definition) is 1. The lowest BCUT2D eigenvalue weighted by Gasteiger charge is -2.24. The van der Waals surface area contributed by atoms with E-state index in [4.69, 9.17) is 4.74 Å². The van der Waals surface area contributed by atoms with Crippen molar-refractivity contribution in [3.05, 3.63) is 35.4 Å². The topological polar surface area (TPSA) is 21.3 Å². The molecular weight excluding hydrogens is 258 g/mol. The van der Waals surface area contributed by atoms with E-state index >= 15 is 0 Å². The van der Waals surface area contributed by atoms with Crippen molar-refractivity contribution in [3.63, 3.8) is 0 Å². The van der Waals surface area contributed by atoms with Crippen molar-refractivity contribution in [2.45, 2.75) is 70.9 Å². The van der Waals surface area contributed by atoms with Gasteiger partial charge in [-0.05, 0) is 48.8 Å². The molecule has 118 valence electrons. The molecule has 1 aliphatic rings. The number of nitrogens with one attached hydrogen (secondary N) is 1. The van der Waals surface area contributed by atoms with Crippen LogP contribution in [0.15, 0.2) is 24.3 Å². The van der Waals surface area contributed by atoms with E-state index in [0.717, 1.165) is 19.6 Å². The zero-order chi connectivity index (χ0) is 15.3. The third-order valence-electron chi connectivity index (χ3n) is 4.34. The van der Waals surface area contributed by atoms with Crippen molar-refractivity contribution in [1.82, 2.24) is 5.32 Å². The van der Waals surface area contributed by atoms with Gasteiger partial charge >= 0.3 is 0 Å². The van der Waals surface area contributed by atoms with Crippen LogP contribution < -0.4 is 5.32 Å². The Balaban J connectivity index is 2.07. The Morgan fingerprint density at radius 1 is 1.24 bits per heavy atom. The molecule has 1 fully saturated rings. The van der Waals surface area contributed by atoms with Gasteiger partial charge < -0.3 is 10.1 Å². The molecule has 0 aromatic heterocycles. The summed E-state index contributed by atoms with van der Waals surface area (Å²) in [6.45, 7) is 11.0. The first-order chi connectivity index (χ1) is 10.0. The molecule has 1 aromatic carbocycles. The van der Waals surface area contributed by atoms with E-state index in [-0.39, 0.29) is 5.41 Å². The molecular formula is C19H31NO. The fraction of sp³-hybridized carbons (Fsp3) is 0.684. The normalized spacial score (nSPS) is 20.7. The van der Waals surface area contributed by atoms with Crippen molar-refractivity contribution in [2.24, 2.45) is 0 Å². The van der Waals surface area contributed by atoms with Crippen molar-refractivity contribution in [3.8, 4) is 0 Å². The van der Waals surface area contributed by atoms with Crippen molar-refractivity contribution in [2.75, 3.05) is 13.2 Å². The first-order valence-corrected chi connectivity index (χ1v) is 8.46. The van der Waals surface area contributed by atoms with Gasteiger partial charge in [0.15, 0.2) is 0 Å². The number of benzene rings is 1. The molecule has 1 saturated heterocycles. The zero-order valence-corrected chi connectivity index (χ0v) is 14.1. The Kier molecular flexibility index (Phi) is 5.83. The van der Waals surface area contributed by atoms with Gasteiger partial charge in [0.05, 0.1) is 6.10 Å². The van der Waals surface area contributed by atoms with Gasteiger partial charge in [-0.2, -0.15) is 0 Å². The maximum Gasteiger partial charge on any atom is 0.0594 e. The molecule has 1 aliphatic heterocycles. The quantitative estimate of drug-likeness (QED) is 0.826. The van der Waals surface area contributed by atoms with Crippen LogP contribution in [0, 0.1) is 0 Å². The first kappa shape index (κ1) is 16.5. The van der Waals surface area contributed by atoms with Crippen LogP contribution in [0.5, 0.6) is 0 Å². The molecule has 1 heterocycles. The number of rotatable bonds is 6. The molecule has 21 heavy (non-hydrogen) atoms. The Bertz CT molecular complexity index is 412. The van der Waals surface area contributed by atoms with Gasteiger partial charge in [0.1, 0.15) is 0 Å². The highest BCUT2D eigenvalue weighted by Gasteiger charge is 2.22. The molecule has 2 rings (SSSR count). The summed E-state index contributed by atoms with van der Waals surface area (Å²) in [7, 11) is 0. The lowest BCUT2D eigenvalue weighted by Crippen LogP contribution is -2.26. The lowest BCUT2D eigenvalue weighted by molar-refractivity contribution is 0.0945. The van der Waals surface area contributed by atoms with Crippen LogP contribution in [-0.4, -0.2) is 19.3 Å². The highest BCUT2D eigenvalue weighted by atomic mass is 16.5. The van der Waals surface area contributed by atoms with Gasteiger partial charge in [0.2, 0.25) is 0 Å². The molecule has 1 aromatic rings. The zero-order valence-electron chi connectivity index (χ0n) is 14.1. The molecule has 0 spiro atoms. The highest BCUT2D eigenvalue weighted by molar-refractivity contribution is 5.29. The van der Waals surface area contributed by atoms with Gasteiger partial charge in [0, 0.05) is 12.6 Å². The van der Waals surface area contributed by atoms with Crippen LogP contribution in [0.25, 0.3) is 0 Å². The van der Waals surface area contributed by atoms with Crippen LogP contribution in [0.1, 0.15) is 70.5 Å². The summed E-state index contributed by atoms with van der Waals surface area (Å²) in [5.74, 6) is 0. The Hall–Kier alpha value is -0.860. The smallest absolute Gasteiger partial charge is 0.0594 e. The predicted octanol–water partition coefficient (Wildman–Crippen LogP) is 4.59. The Labute approximate surface area is 130 Å². The minimum absolute atomic E-state index is 0.222. The second-order valence-electron chi connectivity index (χ2n) is 7.25. The van der Waals surface area contributed by atoms with Crippen LogP contribution in [-0.2, 0) is 10.2 Å². The van der Waals surface area contributed by atoms with Crippen molar-refractivity contribution in [1.29, 1.82) is 0 Å². The van der Waals surface area contributed by atoms with Crippen molar-refractivity contribution >= 4 is 0 Å². The molecule has 0 saturated carbocycles. The Morgan fingerprint density at radius 2 is 1.95 bits per heavy atom. The fourth-order valence-electron chi connectivity index (χ4n) is 2.96. The maximum absolute atomic E-state index is 5.82. The van der Waals surface area contributed by atoms with Crippen LogP contribution in [0.3, 0.4) is 0 Å². The number of hydrogen-bond acceptors (Lipinski definition) is 2. The lowest BCUT2D eigenvalue weighted by atomic mass is 9.86. The standard InChI is InChI=1S/C19H31NO/c1-5-12-20-18(14-17-7-6-13-21-17)15-8-10-16(11-9-15)19(2,3)4/h8-11,17-18,20H,5-7,12-14H2,1-4H3. The third kappa shape index (κ3) is 4.82. The maximum atomic E-state index is 5.82. The SMILES string of the molecule is CCCNC(CC1CCCO1)c1ccc(C(C)(C)C)cc1. The van der Waals surface area contributed by atoms with E-state index in [2.05, 4.69) is 57.3 Å². The summed E-state index contributed by atoms with van der Waals surface area (Å²) >= 11 is 0. The van der Waals surface area contributed by atoms with Gasteiger partial charge in [0.25, 0.3) is 0 Å². The minimum atomic E-state index is 0.222. The summed E-state index contributed by atoms with van der Waals surface area (Å²) in [4.78, 5) is 0. The third-order valence-corrected chi connectivity index (χ3v) is 4.34. The summed E-state index contributed by atoms with van der Waals surface area (Å²) in [6.07, 6.45) is 5.12. The highest BCUT2D eigenvalue weighted by Crippen LogP contribution is 2.28. The first-order valence-electron chi connectivity index (χ1n) is 8.46. The fourth-order valence-corrected chi connectivity index (χ4v) is 2.96. The predicted molar refractivity (Wildman–Crippen MR) is 89.8 cm³/mol. The van der Waals surface area contributed by atoms with E-state index < -0.39 is 0 Å². The second-order valence-corrected chi connectivity index (χ2v) is 7.25. The molecule has 0 radical (unpaired) electrons. The summed E-state index contributed by atoms with van der Waals surface area (Å²) in [6, 6.07) is 9.57. The van der Waals surface area contributed by atoms with E-state index in [0.29, 0.717) is 12.1 Å². The largest absolute Gasteiger partial charge is 0.378 e. The van der Waals surface area contributed by atoms with Crippen LogP contribution >= 0.6 is 0 Å². The molecule has 2 unspecified atom stereocenters. The second kappa shape index (κ2) is 7.42. The molecule has 2 nitrogen and oxygen atoms in total. The summed E-state index contributed by atoms with van der Waals surface area (Å²) in [5, 5.41) is 3.69. The molecule has 2 atom stereocenters. The van der Waals surface area contributed by atoms with Gasteiger partial charge in [-0.15, -0.1) is 0 Å². The van der Waals surface area contributed by atoms with Crippen molar-refractivity contribution < 1.29 is 4.74 Å². The minimum Gasteiger partial charge on any atom is -0.378 e. The van der Waals surface area contributed by atoms with E-state index in [1.54, 1.807) is 0 Å². The number of ether oxygens (including phenoxy) is 1. The average molecular weight is 289 g/mol. The summed E-state index contributed by atoms with van der Waals surface area (Å²) in [5.41, 5.74) is 3.02. The van der Waals surface area contributed by atoms with E-state index in [1.807, 2.05) is 0 Å². The van der Waals surface area contributed by atoms with Crippen LogP contribution in [0.2, 0.25) is 0 Å². The molecule has 0 amide bonds. The van der Waals surface area contributed by atoms with Gasteiger partial charge in [-0.3, -0.25) is 0 Å². The van der Waals surface area contributed by atoms with Gasteiger partial charge in [-0.25, -0.2) is 0 Å². The van der Waals surface area contributed by atoms with E-state index in [1.165, 1.54) is 30.4 Å². The summed E-state index contributed by atoms with van der Waals surface area (Å²) < 4.78 is 5.82. The molecule has 2 heteroatoms. The van der Waals surface area contributed by atoms with E-state index in [9.17, 15) is 0 Å². The van der Waals surface area contributed by atoms with Crippen LogP contribution in [0.4, 0.5) is 0 Å². The molecule has 0 aliphatic carbocycles. The average Bonchev–Trinajstić information content (AvgIpc) is 2.95.